The van der Waals surface area contributed by atoms with Crippen LogP contribution in [0.1, 0.15) is 24.2 Å². The summed E-state index contributed by atoms with van der Waals surface area (Å²) in [5.74, 6) is -1.67. The van der Waals surface area contributed by atoms with Gasteiger partial charge < -0.3 is 10.1 Å². The van der Waals surface area contributed by atoms with E-state index in [1.807, 2.05) is 0 Å². The maximum absolute atomic E-state index is 12.3. The second-order valence-corrected chi connectivity index (χ2v) is 9.21. The van der Waals surface area contributed by atoms with Crippen LogP contribution in [0.4, 0.5) is 5.69 Å². The Morgan fingerprint density at radius 2 is 1.77 bits per heavy atom. The number of ketones is 1. The highest BCUT2D eigenvalue weighted by atomic mass is 79.9. The van der Waals surface area contributed by atoms with E-state index in [0.29, 0.717) is 15.7 Å². The van der Waals surface area contributed by atoms with E-state index >= 15 is 0 Å². The normalized spacial score (nSPS) is 12.1. The standard InChI is InChI=1S/C19H18BrClN2O6S/c1-11(24)13-3-6-15(7-4-13)23-19(26)12(2)29-18(25)10-22-30(27,28)17-8-5-14(20)9-16(17)21/h3-9,12,22H,10H2,1-2H3,(H,23,26). The van der Waals surface area contributed by atoms with E-state index < -0.39 is 34.5 Å². The largest absolute Gasteiger partial charge is 0.452 e. The van der Waals surface area contributed by atoms with Gasteiger partial charge in [-0.2, -0.15) is 4.72 Å². The van der Waals surface area contributed by atoms with Crippen LogP contribution in [0.5, 0.6) is 0 Å². The SMILES string of the molecule is CC(=O)c1ccc(NC(=O)C(C)OC(=O)CNS(=O)(=O)c2ccc(Br)cc2Cl)cc1. The first-order valence-electron chi connectivity index (χ1n) is 8.55. The molecule has 2 aromatic rings. The number of hydrogen-bond acceptors (Lipinski definition) is 6. The molecular formula is C19H18BrClN2O6S. The van der Waals surface area contributed by atoms with Crippen molar-refractivity contribution in [2.75, 3.05) is 11.9 Å². The van der Waals surface area contributed by atoms with Crippen molar-refractivity contribution >= 4 is 60.9 Å². The van der Waals surface area contributed by atoms with E-state index in [2.05, 4.69) is 26.0 Å². The number of esters is 1. The molecule has 1 unspecified atom stereocenters. The first-order valence-corrected chi connectivity index (χ1v) is 11.2. The van der Waals surface area contributed by atoms with Crippen molar-refractivity contribution in [2.45, 2.75) is 24.8 Å². The van der Waals surface area contributed by atoms with Crippen LogP contribution in [0, 0.1) is 0 Å². The molecule has 0 bridgehead atoms. The van der Waals surface area contributed by atoms with E-state index in [0.717, 1.165) is 0 Å². The van der Waals surface area contributed by atoms with Crippen LogP contribution in [0.3, 0.4) is 0 Å². The maximum atomic E-state index is 12.3. The number of ether oxygens (including phenoxy) is 1. The summed E-state index contributed by atoms with van der Waals surface area (Å²) in [7, 11) is -4.05. The van der Waals surface area contributed by atoms with Gasteiger partial charge in [-0.05, 0) is 56.3 Å². The van der Waals surface area contributed by atoms with Gasteiger partial charge in [0.1, 0.15) is 11.4 Å². The molecule has 0 spiro atoms. The van der Waals surface area contributed by atoms with Gasteiger partial charge in [0.05, 0.1) is 5.02 Å². The molecule has 0 aromatic heterocycles. The molecule has 1 amide bonds. The Bertz CT molecular complexity index is 1070. The highest BCUT2D eigenvalue weighted by Gasteiger charge is 2.22. The van der Waals surface area contributed by atoms with Gasteiger partial charge in [0.15, 0.2) is 11.9 Å². The number of anilines is 1. The molecule has 0 aliphatic rings. The molecule has 0 aliphatic heterocycles. The molecule has 0 saturated heterocycles. The summed E-state index contributed by atoms with van der Waals surface area (Å²) in [6, 6.07) is 10.4. The zero-order valence-electron chi connectivity index (χ0n) is 15.9. The van der Waals surface area contributed by atoms with Crippen molar-refractivity contribution in [2.24, 2.45) is 0 Å². The van der Waals surface area contributed by atoms with Gasteiger partial charge in [-0.15, -0.1) is 0 Å². The monoisotopic (exact) mass is 516 g/mol. The van der Waals surface area contributed by atoms with Crippen LogP contribution in [0.25, 0.3) is 0 Å². The lowest BCUT2D eigenvalue weighted by Gasteiger charge is -2.14. The van der Waals surface area contributed by atoms with Crippen LogP contribution < -0.4 is 10.0 Å². The van der Waals surface area contributed by atoms with Crippen molar-refractivity contribution in [3.8, 4) is 0 Å². The zero-order chi connectivity index (χ0) is 22.5. The number of Topliss-reactive ketones (excluding diaryl/α,β-unsaturated/α-hetero) is 1. The lowest BCUT2D eigenvalue weighted by Crippen LogP contribution is -2.35. The minimum absolute atomic E-state index is 0.0196. The molecule has 1 atom stereocenters. The lowest BCUT2D eigenvalue weighted by atomic mass is 10.1. The van der Waals surface area contributed by atoms with E-state index in [1.54, 1.807) is 24.3 Å². The Labute approximate surface area is 187 Å². The molecule has 0 radical (unpaired) electrons. The smallest absolute Gasteiger partial charge is 0.321 e. The number of carbonyl (C=O) groups is 3. The number of amides is 1. The molecule has 160 valence electrons. The number of nitrogens with one attached hydrogen (secondary N) is 2. The summed E-state index contributed by atoms with van der Waals surface area (Å²) in [5.41, 5.74) is 0.907. The Balaban J connectivity index is 1.90. The van der Waals surface area contributed by atoms with Crippen LogP contribution in [-0.4, -0.2) is 38.7 Å². The summed E-state index contributed by atoms with van der Waals surface area (Å²) in [6.45, 7) is 2.09. The summed E-state index contributed by atoms with van der Waals surface area (Å²) >= 11 is 9.09. The molecular weight excluding hydrogens is 500 g/mol. The minimum Gasteiger partial charge on any atom is -0.452 e. The fourth-order valence-corrected chi connectivity index (χ4v) is 4.25. The fraction of sp³-hybridized carbons (Fsp3) is 0.211. The van der Waals surface area contributed by atoms with Crippen LogP contribution in [0.2, 0.25) is 5.02 Å². The zero-order valence-corrected chi connectivity index (χ0v) is 19.1. The van der Waals surface area contributed by atoms with E-state index in [-0.39, 0.29) is 15.7 Å². The molecule has 2 N–H and O–H groups in total. The lowest BCUT2D eigenvalue weighted by molar-refractivity contribution is -0.151. The highest BCUT2D eigenvalue weighted by Crippen LogP contribution is 2.24. The van der Waals surface area contributed by atoms with Crippen LogP contribution in [0.15, 0.2) is 51.8 Å². The van der Waals surface area contributed by atoms with Gasteiger partial charge in [-0.3, -0.25) is 14.4 Å². The predicted molar refractivity (Wildman–Crippen MR) is 115 cm³/mol. The van der Waals surface area contributed by atoms with Gasteiger partial charge in [0.2, 0.25) is 10.0 Å². The number of benzene rings is 2. The quantitative estimate of drug-likeness (QED) is 0.410. The van der Waals surface area contributed by atoms with Crippen molar-refractivity contribution < 1.29 is 27.5 Å². The van der Waals surface area contributed by atoms with Gasteiger partial charge >= 0.3 is 5.97 Å². The van der Waals surface area contributed by atoms with E-state index in [9.17, 15) is 22.8 Å². The van der Waals surface area contributed by atoms with Gasteiger partial charge in [0, 0.05) is 15.7 Å². The second kappa shape index (κ2) is 10.2. The fourth-order valence-electron chi connectivity index (χ4n) is 2.25. The van der Waals surface area contributed by atoms with Crippen molar-refractivity contribution in [1.82, 2.24) is 4.72 Å². The summed E-state index contributed by atoms with van der Waals surface area (Å²) in [4.78, 5) is 35.2. The van der Waals surface area contributed by atoms with Gasteiger partial charge in [-0.25, -0.2) is 8.42 Å². The first kappa shape index (κ1) is 24.0. The van der Waals surface area contributed by atoms with Crippen molar-refractivity contribution in [3.63, 3.8) is 0 Å². The number of carbonyl (C=O) groups excluding carboxylic acids is 3. The maximum Gasteiger partial charge on any atom is 0.321 e. The summed E-state index contributed by atoms with van der Waals surface area (Å²) in [5, 5.41) is 2.52. The topological polar surface area (TPSA) is 119 Å². The molecule has 0 saturated carbocycles. The van der Waals surface area contributed by atoms with E-state index in [4.69, 9.17) is 16.3 Å². The summed E-state index contributed by atoms with van der Waals surface area (Å²) < 4.78 is 32.2. The first-order chi connectivity index (χ1) is 14.0. The average Bonchev–Trinajstić information content (AvgIpc) is 2.66. The molecule has 2 rings (SSSR count). The molecule has 30 heavy (non-hydrogen) atoms. The molecule has 0 fully saturated rings. The average molecular weight is 518 g/mol. The molecule has 2 aromatic carbocycles. The number of hydrogen-bond donors (Lipinski definition) is 2. The third-order valence-electron chi connectivity index (χ3n) is 3.83. The van der Waals surface area contributed by atoms with Crippen molar-refractivity contribution in [1.29, 1.82) is 0 Å². The molecule has 11 heteroatoms. The van der Waals surface area contributed by atoms with E-state index in [1.165, 1.54) is 32.0 Å². The van der Waals surface area contributed by atoms with Gasteiger partial charge in [0.25, 0.3) is 5.91 Å². The number of halogens is 2. The van der Waals surface area contributed by atoms with Gasteiger partial charge in [-0.1, -0.05) is 27.5 Å². The number of rotatable bonds is 8. The Morgan fingerprint density at radius 1 is 1.13 bits per heavy atom. The molecule has 0 heterocycles. The third-order valence-corrected chi connectivity index (χ3v) is 6.20. The number of sulfonamides is 1. The Kier molecular flexibility index (Phi) is 8.13. The Morgan fingerprint density at radius 3 is 2.33 bits per heavy atom. The summed E-state index contributed by atoms with van der Waals surface area (Å²) in [6.07, 6.45) is -1.18. The molecule has 0 aliphatic carbocycles. The third kappa shape index (κ3) is 6.63. The highest BCUT2D eigenvalue weighted by molar-refractivity contribution is 9.10. The van der Waals surface area contributed by atoms with Crippen LogP contribution in [-0.2, 0) is 24.3 Å². The molecule has 8 nitrogen and oxygen atoms in total. The van der Waals surface area contributed by atoms with Crippen LogP contribution >= 0.6 is 27.5 Å². The minimum atomic E-state index is -4.05. The Hall–Kier alpha value is -2.27. The predicted octanol–water partition coefficient (Wildman–Crippen LogP) is 3.15. The second-order valence-electron chi connectivity index (χ2n) is 6.15. The van der Waals surface area contributed by atoms with Crippen molar-refractivity contribution in [3.05, 3.63) is 57.5 Å².